The lowest BCUT2D eigenvalue weighted by molar-refractivity contribution is 0.469. The summed E-state index contributed by atoms with van der Waals surface area (Å²) >= 11 is 1.69. The lowest BCUT2D eigenvalue weighted by Crippen LogP contribution is -2.15. The van der Waals surface area contributed by atoms with E-state index in [1.807, 2.05) is 13.1 Å². The van der Waals surface area contributed by atoms with Crippen molar-refractivity contribution in [2.24, 2.45) is 5.92 Å². The SMILES string of the molecule is CNC(CCC(C)C)c1cc2ccc(F)cc2s1. The second-order valence-electron chi connectivity index (χ2n) is 5.14. The van der Waals surface area contributed by atoms with Crippen LogP contribution in [-0.4, -0.2) is 7.05 Å². The highest BCUT2D eigenvalue weighted by Crippen LogP contribution is 2.32. The number of nitrogens with one attached hydrogen (secondary N) is 1. The van der Waals surface area contributed by atoms with Crippen molar-refractivity contribution in [2.75, 3.05) is 7.05 Å². The molecule has 1 aromatic carbocycles. The Morgan fingerprint density at radius 3 is 2.67 bits per heavy atom. The van der Waals surface area contributed by atoms with E-state index in [9.17, 15) is 4.39 Å². The summed E-state index contributed by atoms with van der Waals surface area (Å²) in [6.45, 7) is 4.49. The lowest BCUT2D eigenvalue weighted by Gasteiger charge is -2.15. The Morgan fingerprint density at radius 2 is 2.00 bits per heavy atom. The van der Waals surface area contributed by atoms with E-state index < -0.39 is 0 Å². The number of benzene rings is 1. The van der Waals surface area contributed by atoms with E-state index in [-0.39, 0.29) is 5.82 Å². The summed E-state index contributed by atoms with van der Waals surface area (Å²) in [5.74, 6) is 0.562. The van der Waals surface area contributed by atoms with Gasteiger partial charge in [-0.3, -0.25) is 0 Å². The van der Waals surface area contributed by atoms with Gasteiger partial charge in [-0.1, -0.05) is 19.9 Å². The van der Waals surface area contributed by atoms with Crippen LogP contribution in [0.4, 0.5) is 4.39 Å². The van der Waals surface area contributed by atoms with Crippen molar-refractivity contribution in [1.29, 1.82) is 0 Å². The topological polar surface area (TPSA) is 12.0 Å². The molecule has 3 heteroatoms. The zero-order valence-electron chi connectivity index (χ0n) is 11.2. The highest BCUT2D eigenvalue weighted by molar-refractivity contribution is 7.19. The van der Waals surface area contributed by atoms with Crippen molar-refractivity contribution in [3.8, 4) is 0 Å². The van der Waals surface area contributed by atoms with Crippen LogP contribution in [0.15, 0.2) is 24.3 Å². The molecule has 1 nitrogen and oxygen atoms in total. The number of hydrogen-bond donors (Lipinski definition) is 1. The van der Waals surface area contributed by atoms with Crippen molar-refractivity contribution < 1.29 is 4.39 Å². The van der Waals surface area contributed by atoms with Gasteiger partial charge in [-0.15, -0.1) is 11.3 Å². The average Bonchev–Trinajstić information content (AvgIpc) is 2.72. The van der Waals surface area contributed by atoms with Gasteiger partial charge >= 0.3 is 0 Å². The van der Waals surface area contributed by atoms with Crippen molar-refractivity contribution in [3.05, 3.63) is 35.0 Å². The molecule has 2 rings (SSSR count). The van der Waals surface area contributed by atoms with Crippen LogP contribution < -0.4 is 5.32 Å². The smallest absolute Gasteiger partial charge is 0.124 e. The predicted octanol–water partition coefficient (Wildman–Crippen LogP) is 4.74. The first-order chi connectivity index (χ1) is 8.60. The minimum atomic E-state index is -0.154. The monoisotopic (exact) mass is 265 g/mol. The summed E-state index contributed by atoms with van der Waals surface area (Å²) in [6, 6.07) is 7.58. The van der Waals surface area contributed by atoms with E-state index >= 15 is 0 Å². The first-order valence-corrected chi connectivity index (χ1v) is 7.28. The summed E-state index contributed by atoms with van der Waals surface area (Å²) in [5.41, 5.74) is 0. The number of halogens is 1. The zero-order valence-corrected chi connectivity index (χ0v) is 12.0. The van der Waals surface area contributed by atoms with Gasteiger partial charge in [-0.05, 0) is 49.4 Å². The molecule has 0 saturated carbocycles. The van der Waals surface area contributed by atoms with Gasteiger partial charge in [0.25, 0.3) is 0 Å². The molecule has 0 radical (unpaired) electrons. The summed E-state index contributed by atoms with van der Waals surface area (Å²) in [5, 5.41) is 4.51. The molecular formula is C15H20FNS. The Bertz CT molecular complexity index is 518. The Labute approximate surface area is 112 Å². The minimum absolute atomic E-state index is 0.154. The first-order valence-electron chi connectivity index (χ1n) is 6.46. The molecule has 0 spiro atoms. The maximum atomic E-state index is 13.2. The summed E-state index contributed by atoms with van der Waals surface area (Å²) in [7, 11) is 2.00. The van der Waals surface area contributed by atoms with Crippen molar-refractivity contribution in [2.45, 2.75) is 32.7 Å². The number of fused-ring (bicyclic) bond motifs is 1. The number of hydrogen-bond acceptors (Lipinski definition) is 2. The maximum absolute atomic E-state index is 13.2. The normalized spacial score (nSPS) is 13.4. The Hall–Kier alpha value is -0.930. The van der Waals surface area contributed by atoms with Crippen LogP contribution in [0.5, 0.6) is 0 Å². The quantitative estimate of drug-likeness (QED) is 0.823. The van der Waals surface area contributed by atoms with E-state index in [4.69, 9.17) is 0 Å². The minimum Gasteiger partial charge on any atom is -0.312 e. The van der Waals surface area contributed by atoms with Gasteiger partial charge in [-0.25, -0.2) is 4.39 Å². The summed E-state index contributed by atoms with van der Waals surface area (Å²) in [6.07, 6.45) is 2.33. The van der Waals surface area contributed by atoms with Crippen molar-refractivity contribution >= 4 is 21.4 Å². The number of thiophene rings is 1. The molecule has 18 heavy (non-hydrogen) atoms. The van der Waals surface area contributed by atoms with Gasteiger partial charge < -0.3 is 5.32 Å². The average molecular weight is 265 g/mol. The molecule has 0 fully saturated rings. The van der Waals surface area contributed by atoms with Crippen LogP contribution in [0.25, 0.3) is 10.1 Å². The van der Waals surface area contributed by atoms with E-state index in [0.29, 0.717) is 12.0 Å². The van der Waals surface area contributed by atoms with Gasteiger partial charge in [-0.2, -0.15) is 0 Å². The van der Waals surface area contributed by atoms with Crippen molar-refractivity contribution in [1.82, 2.24) is 5.32 Å². The fourth-order valence-electron chi connectivity index (χ4n) is 2.13. The largest absolute Gasteiger partial charge is 0.312 e. The Morgan fingerprint density at radius 1 is 1.22 bits per heavy atom. The third kappa shape index (κ3) is 3.09. The molecule has 2 aromatic rings. The third-order valence-electron chi connectivity index (χ3n) is 3.23. The summed E-state index contributed by atoms with van der Waals surface area (Å²) in [4.78, 5) is 1.30. The van der Waals surface area contributed by atoms with Crippen LogP contribution in [0.2, 0.25) is 0 Å². The highest BCUT2D eigenvalue weighted by atomic mass is 32.1. The van der Waals surface area contributed by atoms with Crippen LogP contribution in [0, 0.1) is 11.7 Å². The molecule has 0 aliphatic heterocycles. The van der Waals surface area contributed by atoms with Crippen molar-refractivity contribution in [3.63, 3.8) is 0 Å². The van der Waals surface area contributed by atoms with Crippen LogP contribution in [-0.2, 0) is 0 Å². The molecule has 1 aromatic heterocycles. The molecule has 0 aliphatic rings. The van der Waals surface area contributed by atoms with E-state index in [1.165, 1.54) is 17.4 Å². The van der Waals surface area contributed by atoms with Gasteiger partial charge in [0.1, 0.15) is 5.82 Å². The van der Waals surface area contributed by atoms with Gasteiger partial charge in [0.05, 0.1) is 0 Å². The summed E-state index contributed by atoms with van der Waals surface area (Å²) < 4.78 is 14.2. The Balaban J connectivity index is 2.22. The van der Waals surface area contributed by atoms with Gasteiger partial charge in [0.15, 0.2) is 0 Å². The van der Waals surface area contributed by atoms with Crippen LogP contribution >= 0.6 is 11.3 Å². The second kappa shape index (κ2) is 5.81. The molecule has 0 saturated heterocycles. The molecule has 0 amide bonds. The fourth-order valence-corrected chi connectivity index (χ4v) is 3.36. The first kappa shape index (κ1) is 13.5. The highest BCUT2D eigenvalue weighted by Gasteiger charge is 2.13. The molecule has 98 valence electrons. The van der Waals surface area contributed by atoms with E-state index in [1.54, 1.807) is 17.4 Å². The zero-order chi connectivity index (χ0) is 13.1. The molecule has 0 bridgehead atoms. The molecule has 0 aliphatic carbocycles. The van der Waals surface area contributed by atoms with Gasteiger partial charge in [0.2, 0.25) is 0 Å². The maximum Gasteiger partial charge on any atom is 0.124 e. The van der Waals surface area contributed by atoms with Crippen LogP contribution in [0.3, 0.4) is 0 Å². The molecule has 1 unspecified atom stereocenters. The van der Waals surface area contributed by atoms with Gasteiger partial charge in [0, 0.05) is 15.6 Å². The molecule has 1 N–H and O–H groups in total. The van der Waals surface area contributed by atoms with E-state index in [2.05, 4.69) is 25.2 Å². The molecular weight excluding hydrogens is 245 g/mol. The second-order valence-corrected chi connectivity index (χ2v) is 6.26. The molecule has 1 heterocycles. The standard InChI is InChI=1S/C15H20FNS/c1-10(2)4-7-13(17-3)15-8-11-5-6-12(16)9-14(11)18-15/h5-6,8-10,13,17H,4,7H2,1-3H3. The van der Waals surface area contributed by atoms with Crippen LogP contribution in [0.1, 0.15) is 37.6 Å². The lowest BCUT2D eigenvalue weighted by atomic mass is 10.0. The predicted molar refractivity (Wildman–Crippen MR) is 77.7 cm³/mol. The molecule has 1 atom stereocenters. The fraction of sp³-hybridized carbons (Fsp3) is 0.467. The Kier molecular flexibility index (Phi) is 4.36. The number of rotatable bonds is 5. The van der Waals surface area contributed by atoms with E-state index in [0.717, 1.165) is 16.5 Å². The third-order valence-corrected chi connectivity index (χ3v) is 4.44.